The maximum atomic E-state index is 13.0. The Morgan fingerprint density at radius 2 is 0.789 bits per heavy atom. The molecule has 0 unspecified atom stereocenters. The van der Waals surface area contributed by atoms with Gasteiger partial charge in [-0.3, -0.25) is 36.4 Å². The Labute approximate surface area is 504 Å². The number of carboxylic acid groups (broad SMARTS) is 2. The van der Waals surface area contributed by atoms with E-state index in [2.05, 4.69) is 20.9 Å². The molecule has 51 nitrogen and oxygen atoms in total. The number of hydrogen-bond acceptors (Lipinski definition) is 38. The Hall–Kier alpha value is -2.70. The standard InChI is InChI=1S/C31H53N3O48S8/c1-68-28-12(33-84(47,48)49)16(37)19(9(74-28)4-70-87(56,57)58)76-27-7(81-89(62,63)64)2-6(21(78-27)25(40)41)72-30-13(34-85(50,51)52)22(82-90(65,66)67)20(10(75-30)5-71-88(59,60)61)77-31-18(39)17(38)23(24(80-31)26(42)43)79-29-11(32-83(44,45)46)15(36)14(35)8(73-29)3-69-86(53,54)55/h6-24,27-39H,2-5H2,1H3,(H,40,41)(H,42,43)(H,44,45,46)(H,47,48,49)(H,50,51,52)(H,53,54,55)(H,56,57,58)(H,59,60,61)(H,62,63,64)(H,65,66,67)/t6-,7+,8+,9+,10+,11+,12+,13+,14+,15+,16+,17+,18+,19+,20+,21+,22+,23-,24-,27+,28-,29+,30-,31+/m0/s1. The zero-order valence-electron chi connectivity index (χ0n) is 43.6. The van der Waals surface area contributed by atoms with Crippen LogP contribution in [0.5, 0.6) is 0 Å². The Bertz CT molecular complexity index is 3450. The van der Waals surface area contributed by atoms with Gasteiger partial charge in [-0.15, -0.1) is 0 Å². The molecule has 0 radical (unpaired) electrons. The molecule has 5 rings (SSSR count). The third kappa shape index (κ3) is 23.0. The van der Waals surface area contributed by atoms with Crippen molar-refractivity contribution in [1.82, 2.24) is 14.2 Å². The van der Waals surface area contributed by atoms with E-state index in [1.54, 1.807) is 0 Å². The molecule has 5 aliphatic heterocycles. The largest absolute Gasteiger partial charge is 0.479 e. The number of aliphatic carboxylic acids is 2. The van der Waals surface area contributed by atoms with E-state index in [0.717, 1.165) is 7.11 Å². The molecule has 5 heterocycles. The molecule has 0 bridgehead atoms. The van der Waals surface area contributed by atoms with Crippen molar-refractivity contribution in [2.75, 3.05) is 26.9 Å². The first-order valence-corrected chi connectivity index (χ1v) is 34.6. The Morgan fingerprint density at radius 1 is 0.389 bits per heavy atom. The molecule has 5 saturated heterocycles. The number of carbonyl (C=O) groups is 2. The van der Waals surface area contributed by atoms with Gasteiger partial charge in [-0.25, -0.2) is 30.5 Å². The van der Waals surface area contributed by atoms with Crippen LogP contribution in [0.2, 0.25) is 0 Å². The van der Waals surface area contributed by atoms with Crippen molar-refractivity contribution >= 4 is 94.8 Å². The predicted octanol–water partition coefficient (Wildman–Crippen LogP) is -12.7. The molecular formula is C31H53N3O48S8. The van der Waals surface area contributed by atoms with E-state index in [0.29, 0.717) is 0 Å². The van der Waals surface area contributed by atoms with Crippen LogP contribution < -0.4 is 14.2 Å². The average Bonchev–Trinajstić information content (AvgIpc) is 0.792. The lowest BCUT2D eigenvalue weighted by Gasteiger charge is -2.49. The van der Waals surface area contributed by atoms with Crippen LogP contribution in [0.3, 0.4) is 0 Å². The second-order valence-electron chi connectivity index (χ2n) is 18.6. The van der Waals surface area contributed by atoms with Gasteiger partial charge >= 0.3 is 94.8 Å². The van der Waals surface area contributed by atoms with E-state index in [-0.39, 0.29) is 0 Å². The van der Waals surface area contributed by atoms with Crippen LogP contribution in [0.15, 0.2) is 0 Å². The summed E-state index contributed by atoms with van der Waals surface area (Å²) >= 11 is 0. The molecule has 0 aliphatic carbocycles. The fraction of sp³-hybridized carbons (Fsp3) is 0.935. The van der Waals surface area contributed by atoms with Crippen molar-refractivity contribution in [3.63, 3.8) is 0 Å². The van der Waals surface area contributed by atoms with Crippen LogP contribution >= 0.6 is 0 Å². The monoisotopic (exact) mass is 1490 g/mol. The molecule has 528 valence electrons. The molecule has 5 aliphatic rings. The summed E-state index contributed by atoms with van der Waals surface area (Å²) in [7, 11) is -45.3. The first-order chi connectivity index (χ1) is 40.7. The van der Waals surface area contributed by atoms with Gasteiger partial charge in [-0.1, -0.05) is 0 Å². The number of aliphatic hydroxyl groups excluding tert-OH is 5. The number of methoxy groups -OCH3 is 1. The maximum Gasteiger partial charge on any atom is 0.397 e. The van der Waals surface area contributed by atoms with Crippen molar-refractivity contribution in [1.29, 1.82) is 0 Å². The van der Waals surface area contributed by atoms with Gasteiger partial charge in [0.25, 0.3) is 0 Å². The van der Waals surface area contributed by atoms with Gasteiger partial charge in [-0.05, 0) is 0 Å². The molecule has 90 heavy (non-hydrogen) atoms. The highest BCUT2D eigenvalue weighted by molar-refractivity contribution is 7.84. The van der Waals surface area contributed by atoms with E-state index in [1.807, 2.05) is 0 Å². The zero-order valence-corrected chi connectivity index (χ0v) is 50.2. The molecule has 5 fully saturated rings. The van der Waals surface area contributed by atoms with Gasteiger partial charge < -0.3 is 83.1 Å². The number of nitrogens with one attached hydrogen (secondary N) is 3. The lowest BCUT2D eigenvalue weighted by atomic mass is 9.94. The zero-order chi connectivity index (χ0) is 68.6. The molecule has 0 aromatic carbocycles. The van der Waals surface area contributed by atoms with Gasteiger partial charge in [0.15, 0.2) is 43.7 Å². The van der Waals surface area contributed by atoms with Crippen molar-refractivity contribution in [2.45, 2.75) is 154 Å². The highest BCUT2D eigenvalue weighted by Crippen LogP contribution is 2.38. The highest BCUT2D eigenvalue weighted by Gasteiger charge is 2.60. The lowest BCUT2D eigenvalue weighted by molar-refractivity contribution is -0.367. The van der Waals surface area contributed by atoms with E-state index in [4.69, 9.17) is 51.9 Å². The van der Waals surface area contributed by atoms with Crippen molar-refractivity contribution in [2.24, 2.45) is 0 Å². The van der Waals surface area contributed by atoms with E-state index < -0.39 is 268 Å². The second kappa shape index (κ2) is 29.7. The first-order valence-electron chi connectivity index (χ1n) is 23.4. The fourth-order valence-corrected chi connectivity index (χ4v) is 12.6. The number of carboxylic acids is 2. The van der Waals surface area contributed by atoms with E-state index in [1.165, 1.54) is 14.2 Å². The smallest absolute Gasteiger partial charge is 0.397 e. The minimum Gasteiger partial charge on any atom is -0.479 e. The van der Waals surface area contributed by atoms with E-state index >= 15 is 0 Å². The molecule has 0 amide bonds. The summed E-state index contributed by atoms with van der Waals surface area (Å²) in [5.74, 6) is -4.72. The molecule has 0 saturated carbocycles. The van der Waals surface area contributed by atoms with Crippen molar-refractivity contribution < 1.29 is 217 Å². The van der Waals surface area contributed by atoms with Crippen LogP contribution in [0, 0.1) is 0 Å². The SMILES string of the molecule is CO[C@H]1O[C@H](COS(=O)(=O)O)[C@@H](O[C@@H]2O[C@@H](C(=O)O)[C@@H](O[C@H]3O[C@H](COS(=O)(=O)O)[C@@H](O[C@@H]4O[C@H](C(=O)O)[C@@H](O[C@H]5O[C@H](COS(=O)(=O)O)[C@@H](O)[C@H](O)[C@H]5NS(=O)(=O)O)[C@H](O)[C@H]4O)[C@H](OS(=O)(=O)O)[C@H]3NS(=O)(=O)O)C[C@H]2OS(=O)(=O)O)[C@H](O)[C@H]1NS(=O)(=O)O. The summed E-state index contributed by atoms with van der Waals surface area (Å²) < 4.78 is 347. The topological polar surface area (TPSA) is 785 Å². The number of aliphatic hydroxyl groups is 5. The summed E-state index contributed by atoms with van der Waals surface area (Å²) in [5.41, 5.74) is 0. The fourth-order valence-electron chi connectivity index (χ4n) is 8.96. The van der Waals surface area contributed by atoms with E-state index in [9.17, 15) is 145 Å². The molecule has 0 aromatic heterocycles. The normalized spacial score (nSPS) is 38.1. The summed E-state index contributed by atoms with van der Waals surface area (Å²) in [6.07, 6.45) is -59.3. The predicted molar refractivity (Wildman–Crippen MR) is 260 cm³/mol. The second-order valence-corrected chi connectivity index (χ2v) is 27.5. The minimum atomic E-state index is -6.30. The molecule has 59 heteroatoms. The lowest BCUT2D eigenvalue weighted by Crippen LogP contribution is -2.70. The number of ether oxygens (including phenoxy) is 10. The number of rotatable bonds is 30. The van der Waals surface area contributed by atoms with Gasteiger partial charge in [0.1, 0.15) is 104 Å². The van der Waals surface area contributed by atoms with Crippen LogP contribution in [0.1, 0.15) is 6.42 Å². The highest BCUT2D eigenvalue weighted by atomic mass is 32.3. The molecule has 0 spiro atoms. The first kappa shape index (κ1) is 78.0. The summed E-state index contributed by atoms with van der Waals surface area (Å²) in [6.45, 7) is -4.91. The summed E-state index contributed by atoms with van der Waals surface area (Å²) in [5, 5.41) is 76.0. The van der Waals surface area contributed by atoms with Gasteiger partial charge in [0, 0.05) is 13.5 Å². The summed E-state index contributed by atoms with van der Waals surface area (Å²) in [4.78, 5) is 25.8. The van der Waals surface area contributed by atoms with Crippen LogP contribution in [0.25, 0.3) is 0 Å². The Morgan fingerprint density at radius 3 is 1.24 bits per heavy atom. The molecule has 0 aromatic rings. The van der Waals surface area contributed by atoms with Gasteiger partial charge in [0.2, 0.25) is 0 Å². The Kier molecular flexibility index (Phi) is 25.8. The van der Waals surface area contributed by atoms with Crippen LogP contribution in [-0.2, 0) is 161 Å². The maximum absolute atomic E-state index is 13.0. The minimum absolute atomic E-state index is 0.766. The van der Waals surface area contributed by atoms with Crippen molar-refractivity contribution in [3.8, 4) is 0 Å². The molecule has 24 atom stereocenters. The van der Waals surface area contributed by atoms with Gasteiger partial charge in [-0.2, -0.15) is 81.5 Å². The van der Waals surface area contributed by atoms with Crippen LogP contribution in [-0.4, -0.2) is 326 Å². The molecule has 18 N–H and O–H groups in total. The summed E-state index contributed by atoms with van der Waals surface area (Å²) in [6, 6.07) is -7.96. The number of hydrogen-bond donors (Lipinski definition) is 18. The van der Waals surface area contributed by atoms with Crippen molar-refractivity contribution in [3.05, 3.63) is 0 Å². The quantitative estimate of drug-likeness (QED) is 0.0297. The van der Waals surface area contributed by atoms with Crippen LogP contribution in [0.4, 0.5) is 0 Å². The molecular weight excluding hydrogens is 1440 g/mol. The third-order valence-corrected chi connectivity index (χ3v) is 16.3. The van der Waals surface area contributed by atoms with Gasteiger partial charge in [0.05, 0.1) is 19.8 Å². The average molecular weight is 1490 g/mol. The third-order valence-electron chi connectivity index (χ3n) is 12.3. The Balaban J connectivity index is 1.58.